The van der Waals surface area contributed by atoms with E-state index in [0.29, 0.717) is 12.3 Å². The summed E-state index contributed by atoms with van der Waals surface area (Å²) in [6.45, 7) is -0.639. The molecule has 2 aliphatic carbocycles. The molecular formula is C17H14F3N3O4. The van der Waals surface area contributed by atoms with Crippen LogP contribution in [0.4, 0.5) is 18.9 Å². The first-order valence-corrected chi connectivity index (χ1v) is 8.30. The fourth-order valence-electron chi connectivity index (χ4n) is 4.19. The van der Waals surface area contributed by atoms with Gasteiger partial charge in [-0.2, -0.15) is 13.2 Å². The highest BCUT2D eigenvalue weighted by Crippen LogP contribution is 2.52. The number of aromatic amines is 1. The minimum atomic E-state index is -4.70. The van der Waals surface area contributed by atoms with Gasteiger partial charge in [-0.1, -0.05) is 12.2 Å². The van der Waals surface area contributed by atoms with Crippen molar-refractivity contribution in [2.24, 2.45) is 23.7 Å². The van der Waals surface area contributed by atoms with Gasteiger partial charge in [-0.25, -0.2) is 0 Å². The Morgan fingerprint density at radius 1 is 1.15 bits per heavy atom. The number of likely N-dealkylation sites (tertiary alicyclic amines) is 1. The standard InChI is InChI=1S/C17H14F3N3O4/c18-17(19,20)9-4-10(14(25)21-5-9)22-11(24)6-23-15(26)12-7-1-2-8(3-7)13(12)16(23)27/h1-2,4-5,7-8,12-13H,3,6H2,(H,21,25)(H,22,24). The van der Waals surface area contributed by atoms with E-state index < -0.39 is 59.1 Å². The Morgan fingerprint density at radius 3 is 2.30 bits per heavy atom. The van der Waals surface area contributed by atoms with E-state index in [1.165, 1.54) is 0 Å². The van der Waals surface area contributed by atoms with Crippen LogP contribution in [0, 0.1) is 23.7 Å². The summed E-state index contributed by atoms with van der Waals surface area (Å²) in [5.41, 5.74) is -2.66. The number of aromatic nitrogens is 1. The van der Waals surface area contributed by atoms with E-state index >= 15 is 0 Å². The molecule has 1 aromatic heterocycles. The van der Waals surface area contributed by atoms with Crippen molar-refractivity contribution in [3.63, 3.8) is 0 Å². The highest BCUT2D eigenvalue weighted by Gasteiger charge is 2.59. The molecule has 3 aliphatic rings. The highest BCUT2D eigenvalue weighted by atomic mass is 19.4. The number of hydrogen-bond donors (Lipinski definition) is 2. The third-order valence-corrected chi connectivity index (χ3v) is 5.37. The average molecular weight is 381 g/mol. The number of carbonyl (C=O) groups excluding carboxylic acids is 3. The Hall–Kier alpha value is -2.91. The van der Waals surface area contributed by atoms with Gasteiger partial charge in [0.2, 0.25) is 17.7 Å². The molecule has 0 aromatic carbocycles. The van der Waals surface area contributed by atoms with Crippen molar-refractivity contribution in [2.45, 2.75) is 12.6 Å². The molecule has 4 unspecified atom stereocenters. The molecule has 142 valence electrons. The third kappa shape index (κ3) is 2.75. The predicted octanol–water partition coefficient (Wildman–Crippen LogP) is 1.14. The lowest BCUT2D eigenvalue weighted by Gasteiger charge is -2.17. The average Bonchev–Trinajstić information content (AvgIpc) is 3.26. The molecule has 1 aromatic rings. The molecule has 2 N–H and O–H groups in total. The number of nitrogens with zero attached hydrogens (tertiary/aromatic N) is 1. The summed E-state index contributed by atoms with van der Waals surface area (Å²) in [6.07, 6.45) is 0.349. The van der Waals surface area contributed by atoms with Gasteiger partial charge in [0, 0.05) is 6.20 Å². The van der Waals surface area contributed by atoms with Crippen molar-refractivity contribution >= 4 is 23.4 Å². The van der Waals surface area contributed by atoms with Crippen molar-refractivity contribution in [1.82, 2.24) is 9.88 Å². The SMILES string of the molecule is O=C(CN1C(=O)C2C3C=CC(C3)C2C1=O)Nc1cc(C(F)(F)F)c[nH]c1=O. The molecule has 2 heterocycles. The number of allylic oxidation sites excluding steroid dienone is 2. The number of anilines is 1. The third-order valence-electron chi connectivity index (χ3n) is 5.37. The summed E-state index contributed by atoms with van der Waals surface area (Å²) < 4.78 is 38.2. The lowest BCUT2D eigenvalue weighted by molar-refractivity contribution is -0.143. The molecule has 0 spiro atoms. The van der Waals surface area contributed by atoms with Crippen molar-refractivity contribution in [3.05, 3.63) is 40.3 Å². The number of nitrogens with one attached hydrogen (secondary N) is 2. The lowest BCUT2D eigenvalue weighted by atomic mass is 9.85. The topological polar surface area (TPSA) is 99.3 Å². The second-order valence-electron chi connectivity index (χ2n) is 6.94. The molecule has 4 atom stereocenters. The summed E-state index contributed by atoms with van der Waals surface area (Å²) in [5, 5.41) is 2.05. The number of fused-ring (bicyclic) bond motifs is 5. The zero-order valence-corrected chi connectivity index (χ0v) is 13.7. The normalized spacial score (nSPS) is 28.8. The van der Waals surface area contributed by atoms with Gasteiger partial charge in [0.15, 0.2) is 0 Å². The van der Waals surface area contributed by atoms with Crippen LogP contribution in [-0.2, 0) is 20.6 Å². The fraction of sp³-hybridized carbons (Fsp3) is 0.412. The number of hydrogen-bond acceptors (Lipinski definition) is 4. The number of amides is 3. The molecule has 10 heteroatoms. The van der Waals surface area contributed by atoms with E-state index in [2.05, 4.69) is 5.32 Å². The van der Waals surface area contributed by atoms with Gasteiger partial charge >= 0.3 is 6.18 Å². The minimum Gasteiger partial charge on any atom is -0.327 e. The quantitative estimate of drug-likeness (QED) is 0.606. The van der Waals surface area contributed by atoms with Crippen LogP contribution in [0.15, 0.2) is 29.2 Å². The Kier molecular flexibility index (Phi) is 3.76. The van der Waals surface area contributed by atoms with Crippen LogP contribution in [0.25, 0.3) is 0 Å². The summed E-state index contributed by atoms with van der Waals surface area (Å²) in [4.78, 5) is 51.6. The van der Waals surface area contributed by atoms with E-state index in [-0.39, 0.29) is 11.8 Å². The van der Waals surface area contributed by atoms with Crippen LogP contribution in [0.2, 0.25) is 0 Å². The zero-order valence-electron chi connectivity index (χ0n) is 13.7. The fourth-order valence-corrected chi connectivity index (χ4v) is 4.19. The molecule has 1 saturated heterocycles. The molecule has 0 radical (unpaired) electrons. The molecule has 2 fully saturated rings. The molecule has 4 rings (SSSR count). The van der Waals surface area contributed by atoms with Gasteiger partial charge in [0.25, 0.3) is 5.56 Å². The number of alkyl halides is 3. The smallest absolute Gasteiger partial charge is 0.327 e. The lowest BCUT2D eigenvalue weighted by Crippen LogP contribution is -2.40. The molecular weight excluding hydrogens is 367 g/mol. The number of halogens is 3. The van der Waals surface area contributed by atoms with Crippen LogP contribution >= 0.6 is 0 Å². The van der Waals surface area contributed by atoms with Gasteiger partial charge in [0.05, 0.1) is 17.4 Å². The largest absolute Gasteiger partial charge is 0.417 e. The molecule has 3 amide bonds. The van der Waals surface area contributed by atoms with Crippen LogP contribution in [0.1, 0.15) is 12.0 Å². The van der Waals surface area contributed by atoms with Gasteiger partial charge in [-0.15, -0.1) is 0 Å². The Bertz CT molecular complexity index is 906. The summed E-state index contributed by atoms with van der Waals surface area (Å²) in [7, 11) is 0. The minimum absolute atomic E-state index is 0.0178. The summed E-state index contributed by atoms with van der Waals surface area (Å²) >= 11 is 0. The van der Waals surface area contributed by atoms with E-state index in [1.54, 1.807) is 0 Å². The van der Waals surface area contributed by atoms with Crippen LogP contribution in [0.5, 0.6) is 0 Å². The number of rotatable bonds is 3. The molecule has 1 saturated carbocycles. The molecule has 27 heavy (non-hydrogen) atoms. The van der Waals surface area contributed by atoms with E-state index in [9.17, 15) is 32.3 Å². The van der Waals surface area contributed by atoms with Crippen molar-refractivity contribution < 1.29 is 27.6 Å². The van der Waals surface area contributed by atoms with Crippen molar-refractivity contribution in [3.8, 4) is 0 Å². The maximum Gasteiger partial charge on any atom is 0.417 e. The molecule has 1 aliphatic heterocycles. The number of imide groups is 1. The maximum atomic E-state index is 12.7. The van der Waals surface area contributed by atoms with Crippen LogP contribution in [0.3, 0.4) is 0 Å². The van der Waals surface area contributed by atoms with Crippen LogP contribution in [-0.4, -0.2) is 34.2 Å². The Morgan fingerprint density at radius 2 is 1.74 bits per heavy atom. The zero-order chi connectivity index (χ0) is 19.5. The summed E-state index contributed by atoms with van der Waals surface area (Å²) in [5.74, 6) is -2.80. The van der Waals surface area contributed by atoms with Crippen molar-refractivity contribution in [1.29, 1.82) is 0 Å². The summed E-state index contributed by atoms with van der Waals surface area (Å²) in [6, 6.07) is 0.503. The number of pyridine rings is 1. The predicted molar refractivity (Wildman–Crippen MR) is 85.1 cm³/mol. The van der Waals surface area contributed by atoms with E-state index in [1.807, 2.05) is 17.1 Å². The Balaban J connectivity index is 1.49. The maximum absolute atomic E-state index is 12.7. The van der Waals surface area contributed by atoms with Gasteiger partial charge < -0.3 is 10.3 Å². The second-order valence-corrected chi connectivity index (χ2v) is 6.94. The van der Waals surface area contributed by atoms with Gasteiger partial charge in [-0.3, -0.25) is 24.1 Å². The first kappa shape index (κ1) is 17.5. The molecule has 2 bridgehead atoms. The monoisotopic (exact) mass is 381 g/mol. The second kappa shape index (κ2) is 5.80. The van der Waals surface area contributed by atoms with Gasteiger partial charge in [0.1, 0.15) is 12.2 Å². The van der Waals surface area contributed by atoms with Crippen LogP contribution < -0.4 is 10.9 Å². The highest BCUT2D eigenvalue weighted by molar-refractivity contribution is 6.09. The first-order valence-electron chi connectivity index (χ1n) is 8.30. The first-order chi connectivity index (χ1) is 12.7. The number of H-pyrrole nitrogens is 1. The van der Waals surface area contributed by atoms with Gasteiger partial charge in [-0.05, 0) is 24.3 Å². The van der Waals surface area contributed by atoms with E-state index in [0.717, 1.165) is 11.3 Å². The van der Waals surface area contributed by atoms with E-state index in [4.69, 9.17) is 0 Å². The Labute approximate surface area is 150 Å². The number of carbonyl (C=O) groups is 3. The molecule has 7 nitrogen and oxygen atoms in total. The van der Waals surface area contributed by atoms with Crippen molar-refractivity contribution in [2.75, 3.05) is 11.9 Å².